The Kier molecular flexibility index (Phi) is 8.46. The Bertz CT molecular complexity index is 1260. The lowest BCUT2D eigenvalue weighted by Crippen LogP contribution is -2.58. The van der Waals surface area contributed by atoms with E-state index in [1.54, 1.807) is 4.90 Å². The van der Waals surface area contributed by atoms with E-state index in [1.807, 2.05) is 38.1 Å². The minimum atomic E-state index is -1.13. The zero-order valence-electron chi connectivity index (χ0n) is 26.6. The molecular weight excluding hydrogens is 540 g/mol. The molecule has 3 amide bonds. The molecule has 4 aliphatic heterocycles. The number of carbonyl (C=O) groups excluding carboxylic acids is 3. The van der Waals surface area contributed by atoms with Gasteiger partial charge in [-0.05, 0) is 93.6 Å². The zero-order valence-corrected chi connectivity index (χ0v) is 26.6. The van der Waals surface area contributed by atoms with E-state index in [1.165, 1.54) is 19.3 Å². The molecule has 0 radical (unpaired) electrons. The summed E-state index contributed by atoms with van der Waals surface area (Å²) < 4.78 is 6.58. The maximum Gasteiger partial charge on any atom is 0.246 e. The van der Waals surface area contributed by atoms with Crippen molar-refractivity contribution < 1.29 is 19.1 Å². The van der Waals surface area contributed by atoms with Gasteiger partial charge in [-0.25, -0.2) is 0 Å². The van der Waals surface area contributed by atoms with Gasteiger partial charge < -0.3 is 25.2 Å². The number of rotatable bonds is 8. The van der Waals surface area contributed by atoms with Crippen LogP contribution in [0.25, 0.3) is 0 Å². The lowest BCUT2D eigenvalue weighted by atomic mass is 9.73. The van der Waals surface area contributed by atoms with Crippen molar-refractivity contribution in [1.29, 1.82) is 0 Å². The Balaban J connectivity index is 1.25. The number of piperidine rings is 1. The van der Waals surface area contributed by atoms with Crippen LogP contribution < -0.4 is 10.6 Å². The standard InChI is InChI=1S/C35H50N4O4/c1-21-9-7-14-38(20-21)15-8-16-39-31(33(41)37-27-11-6-10-24(4)25(27)5)35-13-12-28(43-35)29(30(35)34(39)42)32(40)36-26-18-22(2)17-23(3)19-26/h12-13,17-19,21,24-25,27-31H,6-11,14-16,20H2,1-5H3,(H,36,40)(H,37,41)/t21-,24+,25+,27-,28+,29-,30+,31+,35+/m1/s1. The minimum Gasteiger partial charge on any atom is -0.359 e. The maximum atomic E-state index is 14.3. The summed E-state index contributed by atoms with van der Waals surface area (Å²) in [5, 5.41) is 6.44. The molecule has 0 aromatic heterocycles. The van der Waals surface area contributed by atoms with Gasteiger partial charge in [0, 0.05) is 24.8 Å². The highest BCUT2D eigenvalue weighted by Crippen LogP contribution is 2.55. The van der Waals surface area contributed by atoms with E-state index < -0.39 is 29.6 Å². The van der Waals surface area contributed by atoms with Crippen molar-refractivity contribution in [3.63, 3.8) is 0 Å². The first kappa shape index (κ1) is 30.3. The number of hydrogen-bond donors (Lipinski definition) is 2. The van der Waals surface area contributed by atoms with Crippen LogP contribution in [0.15, 0.2) is 30.4 Å². The minimum absolute atomic E-state index is 0.0738. The average Bonchev–Trinajstić information content (AvgIpc) is 3.58. The molecule has 43 heavy (non-hydrogen) atoms. The third kappa shape index (κ3) is 5.66. The summed E-state index contributed by atoms with van der Waals surface area (Å²) in [5.41, 5.74) is 1.71. The van der Waals surface area contributed by atoms with E-state index in [0.717, 1.165) is 55.7 Å². The van der Waals surface area contributed by atoms with Gasteiger partial charge in [0.1, 0.15) is 11.6 Å². The van der Waals surface area contributed by atoms with Gasteiger partial charge >= 0.3 is 0 Å². The number of amides is 3. The number of anilines is 1. The Hall–Kier alpha value is -2.71. The molecule has 8 heteroatoms. The number of benzene rings is 1. The Labute approximate surface area is 257 Å². The zero-order chi connectivity index (χ0) is 30.5. The van der Waals surface area contributed by atoms with Crippen LogP contribution in [0.4, 0.5) is 5.69 Å². The van der Waals surface area contributed by atoms with Crippen molar-refractivity contribution in [1.82, 2.24) is 15.1 Å². The highest BCUT2D eigenvalue weighted by atomic mass is 16.5. The van der Waals surface area contributed by atoms with Gasteiger partial charge in [0.2, 0.25) is 17.7 Å². The molecule has 8 nitrogen and oxygen atoms in total. The summed E-state index contributed by atoms with van der Waals surface area (Å²) in [6.07, 6.45) is 9.76. The van der Waals surface area contributed by atoms with Crippen LogP contribution in [0.1, 0.15) is 70.4 Å². The second kappa shape index (κ2) is 12.0. The number of nitrogens with one attached hydrogen (secondary N) is 2. The van der Waals surface area contributed by atoms with Gasteiger partial charge in [0.15, 0.2) is 0 Å². The van der Waals surface area contributed by atoms with Crippen LogP contribution in [-0.4, -0.2) is 77.5 Å². The summed E-state index contributed by atoms with van der Waals surface area (Å²) >= 11 is 0. The first-order chi connectivity index (χ1) is 20.6. The molecule has 3 saturated heterocycles. The second-order valence-corrected chi connectivity index (χ2v) is 14.4. The highest BCUT2D eigenvalue weighted by molar-refractivity contribution is 6.02. The smallest absolute Gasteiger partial charge is 0.246 e. The fraction of sp³-hybridized carbons (Fsp3) is 0.686. The quantitative estimate of drug-likeness (QED) is 0.437. The molecule has 1 aliphatic carbocycles. The number of aryl methyl sites for hydroxylation is 2. The molecule has 4 heterocycles. The van der Waals surface area contributed by atoms with Crippen molar-refractivity contribution >= 4 is 23.4 Å². The molecular formula is C35H50N4O4. The molecule has 234 valence electrons. The monoisotopic (exact) mass is 590 g/mol. The van der Waals surface area contributed by atoms with Crippen LogP contribution in [0.2, 0.25) is 0 Å². The molecule has 0 unspecified atom stereocenters. The number of hydrogen-bond acceptors (Lipinski definition) is 5. The van der Waals surface area contributed by atoms with Crippen molar-refractivity contribution in [2.45, 2.75) is 96.9 Å². The highest BCUT2D eigenvalue weighted by Gasteiger charge is 2.72. The van der Waals surface area contributed by atoms with Gasteiger partial charge in [-0.15, -0.1) is 0 Å². The van der Waals surface area contributed by atoms with Crippen LogP contribution in [0.5, 0.6) is 0 Å². The first-order valence-electron chi connectivity index (χ1n) is 16.7. The number of likely N-dealkylation sites (tertiary alicyclic amines) is 2. The fourth-order valence-corrected chi connectivity index (χ4v) is 8.78. The van der Waals surface area contributed by atoms with Crippen LogP contribution in [0, 0.1) is 43.4 Å². The van der Waals surface area contributed by atoms with E-state index in [0.29, 0.717) is 24.3 Å². The molecule has 6 rings (SSSR count). The molecule has 4 fully saturated rings. The number of ether oxygens (including phenoxy) is 1. The summed E-state index contributed by atoms with van der Waals surface area (Å²) in [4.78, 5) is 46.7. The van der Waals surface area contributed by atoms with E-state index in [4.69, 9.17) is 4.74 Å². The molecule has 1 spiro atoms. The Morgan fingerprint density at radius 2 is 1.77 bits per heavy atom. The molecule has 1 aromatic rings. The summed E-state index contributed by atoms with van der Waals surface area (Å²) in [7, 11) is 0. The normalized spacial score (nSPS) is 37.0. The van der Waals surface area contributed by atoms with Crippen LogP contribution in [-0.2, 0) is 19.1 Å². The maximum absolute atomic E-state index is 14.3. The fourth-order valence-electron chi connectivity index (χ4n) is 8.78. The van der Waals surface area contributed by atoms with Crippen LogP contribution in [0.3, 0.4) is 0 Å². The topological polar surface area (TPSA) is 91.0 Å². The Morgan fingerprint density at radius 3 is 2.51 bits per heavy atom. The molecule has 1 aromatic carbocycles. The molecule has 2 bridgehead atoms. The lowest BCUT2D eigenvalue weighted by Gasteiger charge is -2.38. The third-order valence-corrected chi connectivity index (χ3v) is 11.1. The number of fused-ring (bicyclic) bond motifs is 1. The lowest BCUT2D eigenvalue weighted by molar-refractivity contribution is -0.141. The van der Waals surface area contributed by atoms with E-state index in [2.05, 4.69) is 42.4 Å². The van der Waals surface area contributed by atoms with E-state index in [-0.39, 0.29) is 23.8 Å². The summed E-state index contributed by atoms with van der Waals surface area (Å²) in [5.74, 6) is -0.321. The van der Waals surface area contributed by atoms with Crippen molar-refractivity contribution in [3.05, 3.63) is 41.5 Å². The average molecular weight is 591 g/mol. The summed E-state index contributed by atoms with van der Waals surface area (Å²) in [6.45, 7) is 14.3. The van der Waals surface area contributed by atoms with Crippen molar-refractivity contribution in [3.8, 4) is 0 Å². The predicted molar refractivity (Wildman–Crippen MR) is 167 cm³/mol. The van der Waals surface area contributed by atoms with Gasteiger partial charge in [0.05, 0.1) is 17.9 Å². The summed E-state index contributed by atoms with van der Waals surface area (Å²) in [6, 6.07) is 5.24. The van der Waals surface area contributed by atoms with Gasteiger partial charge in [-0.3, -0.25) is 14.4 Å². The van der Waals surface area contributed by atoms with Gasteiger partial charge in [0.25, 0.3) is 0 Å². The number of nitrogens with zero attached hydrogens (tertiary/aromatic N) is 2. The van der Waals surface area contributed by atoms with E-state index >= 15 is 0 Å². The predicted octanol–water partition coefficient (Wildman–Crippen LogP) is 4.46. The molecule has 1 saturated carbocycles. The number of carbonyl (C=O) groups is 3. The third-order valence-electron chi connectivity index (χ3n) is 11.1. The van der Waals surface area contributed by atoms with Crippen molar-refractivity contribution in [2.24, 2.45) is 29.6 Å². The van der Waals surface area contributed by atoms with Crippen LogP contribution >= 0.6 is 0 Å². The largest absolute Gasteiger partial charge is 0.359 e. The Morgan fingerprint density at radius 1 is 1.00 bits per heavy atom. The second-order valence-electron chi connectivity index (χ2n) is 14.4. The van der Waals surface area contributed by atoms with Gasteiger partial charge in [-0.2, -0.15) is 0 Å². The van der Waals surface area contributed by atoms with E-state index in [9.17, 15) is 14.4 Å². The van der Waals surface area contributed by atoms with Crippen molar-refractivity contribution in [2.75, 3.05) is 31.5 Å². The molecule has 2 N–H and O–H groups in total. The SMILES string of the molecule is Cc1cc(C)cc(NC(=O)[C@@H]2[C@@H]3C=C[C@]4(O3)[C@@H]2C(=O)N(CCCN2CCC[C@@H](C)C2)[C@H]4C(=O)N[C@@H]2CCC[C@H](C)[C@@H]2C)c1. The molecule has 9 atom stereocenters. The first-order valence-corrected chi connectivity index (χ1v) is 16.7. The molecule has 5 aliphatic rings. The van der Waals surface area contributed by atoms with Gasteiger partial charge in [-0.1, -0.05) is 51.8 Å².